The Hall–Kier alpha value is -3.44. The van der Waals surface area contributed by atoms with E-state index in [0.29, 0.717) is 13.1 Å². The Kier molecular flexibility index (Phi) is 4.68. The summed E-state index contributed by atoms with van der Waals surface area (Å²) >= 11 is 0. The van der Waals surface area contributed by atoms with Crippen LogP contribution in [0.3, 0.4) is 0 Å². The van der Waals surface area contributed by atoms with Gasteiger partial charge in [-0.25, -0.2) is 4.98 Å². The number of nitrogens with zero attached hydrogens (tertiary/aromatic N) is 2. The van der Waals surface area contributed by atoms with Crippen LogP contribution in [0, 0.1) is 0 Å². The molecule has 27 heavy (non-hydrogen) atoms. The molecule has 0 radical (unpaired) electrons. The van der Waals surface area contributed by atoms with Gasteiger partial charge in [0, 0.05) is 35.9 Å². The highest BCUT2D eigenvalue weighted by molar-refractivity contribution is 5.92. The number of nitrogens with one attached hydrogen (secondary N) is 1. The maximum absolute atomic E-state index is 5.81. The zero-order valence-electron chi connectivity index (χ0n) is 14.9. The minimum Gasteiger partial charge on any atom is -0.399 e. The SMILES string of the molecule is NCc1cccc(CNc2nc(-c3ccc(N)cc3)cc3ncccc23)c1. The van der Waals surface area contributed by atoms with E-state index in [0.717, 1.165) is 44.8 Å². The number of benzene rings is 2. The number of fused-ring (bicyclic) bond motifs is 1. The molecule has 0 saturated carbocycles. The standard InChI is InChI=1S/C22H21N5/c23-13-15-3-1-4-16(11-15)14-26-22-19-5-2-10-25-21(19)12-20(27-22)17-6-8-18(24)9-7-17/h1-12H,13-14,23-24H2,(H,26,27). The zero-order valence-corrected chi connectivity index (χ0v) is 14.9. The first-order valence-electron chi connectivity index (χ1n) is 8.86. The third-order valence-electron chi connectivity index (χ3n) is 4.49. The summed E-state index contributed by atoms with van der Waals surface area (Å²) in [6.07, 6.45) is 1.80. The van der Waals surface area contributed by atoms with Crippen LogP contribution in [0.2, 0.25) is 0 Å². The molecule has 5 N–H and O–H groups in total. The molecule has 2 aromatic carbocycles. The molecule has 5 heteroatoms. The van der Waals surface area contributed by atoms with Gasteiger partial charge in [0.1, 0.15) is 5.82 Å². The Bertz CT molecular complexity index is 1070. The molecule has 0 aliphatic rings. The van der Waals surface area contributed by atoms with Gasteiger partial charge in [-0.3, -0.25) is 4.98 Å². The topological polar surface area (TPSA) is 89.8 Å². The second-order valence-corrected chi connectivity index (χ2v) is 6.43. The molecule has 0 spiro atoms. The summed E-state index contributed by atoms with van der Waals surface area (Å²) in [5, 5.41) is 4.45. The molecule has 0 aliphatic heterocycles. The zero-order chi connectivity index (χ0) is 18.6. The summed E-state index contributed by atoms with van der Waals surface area (Å²) in [5.74, 6) is 0.811. The van der Waals surface area contributed by atoms with Crippen LogP contribution in [0.15, 0.2) is 72.9 Å². The Morgan fingerprint density at radius 3 is 2.52 bits per heavy atom. The second-order valence-electron chi connectivity index (χ2n) is 6.43. The molecule has 4 rings (SSSR count). The smallest absolute Gasteiger partial charge is 0.136 e. The number of pyridine rings is 2. The number of rotatable bonds is 5. The quantitative estimate of drug-likeness (QED) is 0.472. The summed E-state index contributed by atoms with van der Waals surface area (Å²) in [6.45, 7) is 1.20. The van der Waals surface area contributed by atoms with Crippen molar-refractivity contribution in [1.29, 1.82) is 0 Å². The van der Waals surface area contributed by atoms with Gasteiger partial charge >= 0.3 is 0 Å². The van der Waals surface area contributed by atoms with Gasteiger partial charge in [-0.2, -0.15) is 0 Å². The van der Waals surface area contributed by atoms with Gasteiger partial charge in [0.25, 0.3) is 0 Å². The van der Waals surface area contributed by atoms with Gasteiger partial charge in [-0.05, 0) is 41.5 Å². The molecule has 0 fully saturated rings. The first-order valence-corrected chi connectivity index (χ1v) is 8.86. The summed E-state index contributed by atoms with van der Waals surface area (Å²) in [7, 11) is 0. The Balaban J connectivity index is 1.70. The van der Waals surface area contributed by atoms with Crippen LogP contribution in [-0.2, 0) is 13.1 Å². The van der Waals surface area contributed by atoms with Gasteiger partial charge in [0.05, 0.1) is 11.2 Å². The van der Waals surface area contributed by atoms with Gasteiger partial charge in [0.15, 0.2) is 0 Å². The monoisotopic (exact) mass is 355 g/mol. The Morgan fingerprint density at radius 2 is 1.70 bits per heavy atom. The molecular weight excluding hydrogens is 334 g/mol. The van der Waals surface area contributed by atoms with E-state index in [1.54, 1.807) is 6.20 Å². The van der Waals surface area contributed by atoms with Crippen LogP contribution in [-0.4, -0.2) is 9.97 Å². The molecular formula is C22H21N5. The number of aromatic nitrogens is 2. The van der Waals surface area contributed by atoms with Crippen molar-refractivity contribution in [3.05, 3.63) is 84.1 Å². The molecule has 2 heterocycles. The second kappa shape index (κ2) is 7.43. The highest BCUT2D eigenvalue weighted by Gasteiger charge is 2.09. The van der Waals surface area contributed by atoms with E-state index in [2.05, 4.69) is 22.4 Å². The van der Waals surface area contributed by atoms with Crippen LogP contribution >= 0.6 is 0 Å². The molecule has 0 aliphatic carbocycles. The summed E-state index contributed by atoms with van der Waals surface area (Å²) in [6, 6.07) is 21.9. The van der Waals surface area contributed by atoms with Crippen LogP contribution in [0.1, 0.15) is 11.1 Å². The lowest BCUT2D eigenvalue weighted by Crippen LogP contribution is -2.04. The van der Waals surface area contributed by atoms with Gasteiger partial charge in [-0.15, -0.1) is 0 Å². The van der Waals surface area contributed by atoms with Crippen molar-refractivity contribution in [2.75, 3.05) is 11.1 Å². The first-order chi connectivity index (χ1) is 13.2. The van der Waals surface area contributed by atoms with E-state index >= 15 is 0 Å². The molecule has 0 unspecified atom stereocenters. The van der Waals surface area contributed by atoms with Crippen molar-refractivity contribution in [1.82, 2.24) is 9.97 Å². The highest BCUT2D eigenvalue weighted by Crippen LogP contribution is 2.27. The lowest BCUT2D eigenvalue weighted by Gasteiger charge is -2.12. The number of hydrogen-bond donors (Lipinski definition) is 3. The van der Waals surface area contributed by atoms with Crippen LogP contribution in [0.5, 0.6) is 0 Å². The molecule has 0 saturated heterocycles. The summed E-state index contributed by atoms with van der Waals surface area (Å²) in [5.41, 5.74) is 17.3. The highest BCUT2D eigenvalue weighted by atomic mass is 15.0. The third-order valence-corrected chi connectivity index (χ3v) is 4.49. The number of nitrogens with two attached hydrogens (primary N) is 2. The fourth-order valence-electron chi connectivity index (χ4n) is 3.06. The fraction of sp³-hybridized carbons (Fsp3) is 0.0909. The maximum atomic E-state index is 5.81. The van der Waals surface area contributed by atoms with E-state index in [-0.39, 0.29) is 0 Å². The molecule has 0 atom stereocenters. The van der Waals surface area contributed by atoms with Crippen LogP contribution in [0.4, 0.5) is 11.5 Å². The minimum atomic E-state index is 0.533. The van der Waals surface area contributed by atoms with Crippen molar-refractivity contribution >= 4 is 22.4 Å². The number of hydrogen-bond acceptors (Lipinski definition) is 5. The lowest BCUT2D eigenvalue weighted by atomic mass is 10.1. The molecule has 0 amide bonds. The van der Waals surface area contributed by atoms with E-state index in [1.807, 2.05) is 54.6 Å². The molecule has 134 valence electrons. The summed E-state index contributed by atoms with van der Waals surface area (Å²) in [4.78, 5) is 9.35. The largest absolute Gasteiger partial charge is 0.399 e. The van der Waals surface area contributed by atoms with E-state index in [9.17, 15) is 0 Å². The number of anilines is 2. The van der Waals surface area contributed by atoms with Crippen molar-refractivity contribution in [2.45, 2.75) is 13.1 Å². The molecule has 4 aromatic rings. The molecule has 5 nitrogen and oxygen atoms in total. The number of nitrogen functional groups attached to an aromatic ring is 1. The molecule has 0 bridgehead atoms. The molecule has 2 aromatic heterocycles. The average molecular weight is 355 g/mol. The van der Waals surface area contributed by atoms with Crippen LogP contribution < -0.4 is 16.8 Å². The van der Waals surface area contributed by atoms with Crippen molar-refractivity contribution in [3.8, 4) is 11.3 Å². The fourth-order valence-corrected chi connectivity index (χ4v) is 3.06. The Labute approximate surface area is 158 Å². The van der Waals surface area contributed by atoms with Gasteiger partial charge in [-0.1, -0.05) is 36.4 Å². The minimum absolute atomic E-state index is 0.533. The van der Waals surface area contributed by atoms with Gasteiger partial charge < -0.3 is 16.8 Å². The third kappa shape index (κ3) is 3.73. The van der Waals surface area contributed by atoms with E-state index in [4.69, 9.17) is 16.5 Å². The van der Waals surface area contributed by atoms with Gasteiger partial charge in [0.2, 0.25) is 0 Å². The lowest BCUT2D eigenvalue weighted by molar-refractivity contribution is 1.05. The predicted molar refractivity (Wildman–Crippen MR) is 111 cm³/mol. The summed E-state index contributed by atoms with van der Waals surface area (Å²) < 4.78 is 0. The van der Waals surface area contributed by atoms with E-state index in [1.165, 1.54) is 0 Å². The normalized spacial score (nSPS) is 10.9. The maximum Gasteiger partial charge on any atom is 0.136 e. The van der Waals surface area contributed by atoms with Crippen molar-refractivity contribution < 1.29 is 0 Å². The van der Waals surface area contributed by atoms with Crippen LogP contribution in [0.25, 0.3) is 22.2 Å². The Morgan fingerprint density at radius 1 is 0.889 bits per heavy atom. The van der Waals surface area contributed by atoms with Crippen molar-refractivity contribution in [2.24, 2.45) is 5.73 Å². The first kappa shape index (κ1) is 17.0. The average Bonchev–Trinajstić information content (AvgIpc) is 2.72. The predicted octanol–water partition coefficient (Wildman–Crippen LogP) is 3.95. The van der Waals surface area contributed by atoms with Crippen molar-refractivity contribution in [3.63, 3.8) is 0 Å². The van der Waals surface area contributed by atoms with E-state index < -0.39 is 0 Å².